The average Bonchev–Trinajstić information content (AvgIpc) is 2.42. The lowest BCUT2D eigenvalue weighted by Gasteiger charge is -2.31. The van der Waals surface area contributed by atoms with Crippen LogP contribution >= 0.6 is 15.9 Å². The van der Waals surface area contributed by atoms with E-state index in [2.05, 4.69) is 43.0 Å². The molecule has 18 heavy (non-hydrogen) atoms. The van der Waals surface area contributed by atoms with Crippen LogP contribution in [0.3, 0.4) is 0 Å². The second-order valence-corrected chi connectivity index (χ2v) is 5.26. The van der Waals surface area contributed by atoms with Gasteiger partial charge in [-0.25, -0.2) is 4.98 Å². The SMILES string of the molecule is CCN1CCC(Nc2ncc(Br)c(OC)n2)CC1. The van der Waals surface area contributed by atoms with Crippen molar-refractivity contribution in [2.45, 2.75) is 25.8 Å². The van der Waals surface area contributed by atoms with Gasteiger partial charge in [0.2, 0.25) is 11.8 Å². The van der Waals surface area contributed by atoms with Crippen LogP contribution in [0.2, 0.25) is 0 Å². The van der Waals surface area contributed by atoms with Gasteiger partial charge in [0.25, 0.3) is 0 Å². The Hall–Kier alpha value is -0.880. The van der Waals surface area contributed by atoms with Crippen LogP contribution in [0.5, 0.6) is 5.88 Å². The molecular weight excluding hydrogens is 296 g/mol. The summed E-state index contributed by atoms with van der Waals surface area (Å²) < 4.78 is 5.94. The van der Waals surface area contributed by atoms with Gasteiger partial charge in [0, 0.05) is 19.1 Å². The molecule has 0 atom stereocenters. The van der Waals surface area contributed by atoms with Crippen LogP contribution in [0.1, 0.15) is 19.8 Å². The van der Waals surface area contributed by atoms with Crippen molar-refractivity contribution in [3.05, 3.63) is 10.7 Å². The number of rotatable bonds is 4. The summed E-state index contributed by atoms with van der Waals surface area (Å²) >= 11 is 3.35. The first-order chi connectivity index (χ1) is 8.72. The highest BCUT2D eigenvalue weighted by Gasteiger charge is 2.18. The zero-order chi connectivity index (χ0) is 13.0. The molecule has 0 spiro atoms. The van der Waals surface area contributed by atoms with Crippen LogP contribution in [-0.4, -0.2) is 47.7 Å². The molecule has 1 aliphatic heterocycles. The third-order valence-corrected chi connectivity index (χ3v) is 3.82. The third kappa shape index (κ3) is 3.32. The number of nitrogens with zero attached hydrogens (tertiary/aromatic N) is 3. The van der Waals surface area contributed by atoms with Crippen molar-refractivity contribution in [3.63, 3.8) is 0 Å². The molecule has 6 heteroatoms. The minimum Gasteiger partial charge on any atom is -0.480 e. The van der Waals surface area contributed by atoms with Crippen molar-refractivity contribution >= 4 is 21.9 Å². The molecule has 1 aromatic rings. The van der Waals surface area contributed by atoms with E-state index < -0.39 is 0 Å². The van der Waals surface area contributed by atoms with Crippen molar-refractivity contribution in [3.8, 4) is 5.88 Å². The molecule has 0 aliphatic carbocycles. The normalized spacial score (nSPS) is 17.7. The van der Waals surface area contributed by atoms with Gasteiger partial charge in [0.1, 0.15) is 0 Å². The fourth-order valence-electron chi connectivity index (χ4n) is 2.14. The summed E-state index contributed by atoms with van der Waals surface area (Å²) in [5.41, 5.74) is 0. The molecule has 1 aromatic heterocycles. The molecule has 0 bridgehead atoms. The largest absolute Gasteiger partial charge is 0.480 e. The third-order valence-electron chi connectivity index (χ3n) is 3.27. The van der Waals surface area contributed by atoms with E-state index in [1.165, 1.54) is 0 Å². The molecular formula is C12H19BrN4O. The smallest absolute Gasteiger partial charge is 0.232 e. The fourth-order valence-corrected chi connectivity index (χ4v) is 2.49. The van der Waals surface area contributed by atoms with Crippen LogP contribution in [0, 0.1) is 0 Å². The van der Waals surface area contributed by atoms with Crippen molar-refractivity contribution in [2.24, 2.45) is 0 Å². The molecule has 1 N–H and O–H groups in total. The standard InChI is InChI=1S/C12H19BrN4O/c1-3-17-6-4-9(5-7-17)15-12-14-8-10(13)11(16-12)18-2/h8-9H,3-7H2,1-2H3,(H,14,15,16). The Morgan fingerprint density at radius 1 is 1.50 bits per heavy atom. The summed E-state index contributed by atoms with van der Waals surface area (Å²) in [4.78, 5) is 11.0. The van der Waals surface area contributed by atoms with Gasteiger partial charge in [0.15, 0.2) is 0 Å². The molecule has 0 radical (unpaired) electrons. The quantitative estimate of drug-likeness (QED) is 0.922. The van der Waals surface area contributed by atoms with Crippen LogP contribution in [0.25, 0.3) is 0 Å². The zero-order valence-electron chi connectivity index (χ0n) is 10.8. The summed E-state index contributed by atoms with van der Waals surface area (Å²) in [6.07, 6.45) is 3.99. The second-order valence-electron chi connectivity index (χ2n) is 4.40. The monoisotopic (exact) mass is 314 g/mol. The number of ether oxygens (including phenoxy) is 1. The van der Waals surface area contributed by atoms with E-state index in [0.717, 1.165) is 36.9 Å². The van der Waals surface area contributed by atoms with E-state index in [4.69, 9.17) is 4.74 Å². The number of anilines is 1. The summed E-state index contributed by atoms with van der Waals surface area (Å²) in [6, 6.07) is 0.457. The Morgan fingerprint density at radius 2 is 2.22 bits per heavy atom. The highest BCUT2D eigenvalue weighted by molar-refractivity contribution is 9.10. The Labute approximate surface area is 116 Å². The average molecular weight is 315 g/mol. The van der Waals surface area contributed by atoms with E-state index in [9.17, 15) is 0 Å². The maximum absolute atomic E-state index is 5.16. The highest BCUT2D eigenvalue weighted by atomic mass is 79.9. The van der Waals surface area contributed by atoms with Crippen LogP contribution < -0.4 is 10.1 Å². The van der Waals surface area contributed by atoms with Gasteiger partial charge < -0.3 is 15.0 Å². The van der Waals surface area contributed by atoms with Crippen molar-refractivity contribution < 1.29 is 4.74 Å². The van der Waals surface area contributed by atoms with E-state index in [1.807, 2.05) is 0 Å². The second kappa shape index (κ2) is 6.33. The topological polar surface area (TPSA) is 50.3 Å². The Bertz CT molecular complexity index is 394. The number of halogens is 1. The first kappa shape index (κ1) is 13.5. The molecule has 2 heterocycles. The fraction of sp³-hybridized carbons (Fsp3) is 0.667. The van der Waals surface area contributed by atoms with Gasteiger partial charge in [-0.05, 0) is 35.3 Å². The van der Waals surface area contributed by atoms with Crippen molar-refractivity contribution in [2.75, 3.05) is 32.1 Å². The van der Waals surface area contributed by atoms with E-state index in [1.54, 1.807) is 13.3 Å². The van der Waals surface area contributed by atoms with Gasteiger partial charge in [-0.2, -0.15) is 4.98 Å². The Morgan fingerprint density at radius 3 is 2.83 bits per heavy atom. The summed E-state index contributed by atoms with van der Waals surface area (Å²) in [5, 5.41) is 3.38. The van der Waals surface area contributed by atoms with Crippen LogP contribution in [0.4, 0.5) is 5.95 Å². The maximum Gasteiger partial charge on any atom is 0.232 e. The van der Waals surface area contributed by atoms with Gasteiger partial charge in [-0.15, -0.1) is 0 Å². The Balaban J connectivity index is 1.94. The number of aromatic nitrogens is 2. The molecule has 1 aliphatic rings. The van der Waals surface area contributed by atoms with Gasteiger partial charge >= 0.3 is 0 Å². The zero-order valence-corrected chi connectivity index (χ0v) is 12.4. The lowest BCUT2D eigenvalue weighted by Crippen LogP contribution is -2.39. The van der Waals surface area contributed by atoms with E-state index >= 15 is 0 Å². The minimum absolute atomic E-state index is 0.457. The van der Waals surface area contributed by atoms with Crippen LogP contribution in [-0.2, 0) is 0 Å². The van der Waals surface area contributed by atoms with E-state index in [0.29, 0.717) is 17.9 Å². The molecule has 0 amide bonds. The maximum atomic E-state index is 5.16. The predicted molar refractivity (Wildman–Crippen MR) is 75.0 cm³/mol. The number of hydrogen-bond donors (Lipinski definition) is 1. The molecule has 0 aromatic carbocycles. The minimum atomic E-state index is 0.457. The molecule has 2 rings (SSSR count). The lowest BCUT2D eigenvalue weighted by molar-refractivity contribution is 0.229. The van der Waals surface area contributed by atoms with Gasteiger partial charge in [0.05, 0.1) is 17.8 Å². The van der Waals surface area contributed by atoms with Crippen molar-refractivity contribution in [1.29, 1.82) is 0 Å². The Kier molecular flexibility index (Phi) is 4.77. The summed E-state index contributed by atoms with van der Waals surface area (Å²) in [7, 11) is 1.61. The van der Waals surface area contributed by atoms with Gasteiger partial charge in [-0.1, -0.05) is 6.92 Å². The number of hydrogen-bond acceptors (Lipinski definition) is 5. The molecule has 0 unspecified atom stereocenters. The van der Waals surface area contributed by atoms with Crippen molar-refractivity contribution in [1.82, 2.24) is 14.9 Å². The number of methoxy groups -OCH3 is 1. The first-order valence-electron chi connectivity index (χ1n) is 6.28. The van der Waals surface area contributed by atoms with E-state index in [-0.39, 0.29) is 0 Å². The van der Waals surface area contributed by atoms with Crippen LogP contribution in [0.15, 0.2) is 10.7 Å². The number of likely N-dealkylation sites (tertiary alicyclic amines) is 1. The summed E-state index contributed by atoms with van der Waals surface area (Å²) in [5.74, 6) is 1.21. The lowest BCUT2D eigenvalue weighted by atomic mass is 10.1. The predicted octanol–water partition coefficient (Wildman–Crippen LogP) is 2.14. The first-order valence-corrected chi connectivity index (χ1v) is 7.07. The molecule has 1 saturated heterocycles. The molecule has 5 nitrogen and oxygen atoms in total. The number of nitrogens with one attached hydrogen (secondary N) is 1. The molecule has 100 valence electrons. The number of piperidine rings is 1. The molecule has 1 fully saturated rings. The highest BCUT2D eigenvalue weighted by Crippen LogP contribution is 2.23. The summed E-state index contributed by atoms with van der Waals surface area (Å²) in [6.45, 7) is 5.62. The van der Waals surface area contributed by atoms with Gasteiger partial charge in [-0.3, -0.25) is 0 Å². The molecule has 0 saturated carbocycles.